The Labute approximate surface area is 128 Å². The van der Waals surface area contributed by atoms with Gasteiger partial charge >= 0.3 is 5.97 Å². The molecule has 2 rings (SSSR count). The highest BCUT2D eigenvalue weighted by Gasteiger charge is 2.36. The second-order valence-electron chi connectivity index (χ2n) is 5.59. The minimum Gasteiger partial charge on any atom is -0.481 e. The smallest absolute Gasteiger partial charge is 0.307 e. The number of primary amides is 1. The number of benzene rings is 1. The van der Waals surface area contributed by atoms with Crippen LogP contribution in [0.25, 0.3) is 0 Å². The van der Waals surface area contributed by atoms with E-state index in [1.54, 1.807) is 0 Å². The molecule has 1 amide bonds. The van der Waals surface area contributed by atoms with E-state index in [4.69, 9.17) is 10.8 Å². The Hall–Kier alpha value is -1.93. The summed E-state index contributed by atoms with van der Waals surface area (Å²) >= 11 is 0. The molecule has 2 unspecified atom stereocenters. The van der Waals surface area contributed by atoms with Crippen molar-refractivity contribution in [3.63, 3.8) is 0 Å². The molecule has 0 bridgehead atoms. The van der Waals surface area contributed by atoms with Gasteiger partial charge in [0.1, 0.15) is 0 Å². The molecule has 120 valence electrons. The molecule has 0 radical (unpaired) electrons. The van der Waals surface area contributed by atoms with Gasteiger partial charge in [-0.25, -0.2) is 8.42 Å². The van der Waals surface area contributed by atoms with Gasteiger partial charge in [0.15, 0.2) is 0 Å². The highest BCUT2D eigenvalue weighted by atomic mass is 32.2. The fourth-order valence-corrected chi connectivity index (χ4v) is 4.29. The predicted octanol–water partition coefficient (Wildman–Crippen LogP) is 0.517. The van der Waals surface area contributed by atoms with Crippen LogP contribution >= 0.6 is 0 Å². The number of carboxylic acid groups (broad SMARTS) is 1. The van der Waals surface area contributed by atoms with Crippen LogP contribution in [0.2, 0.25) is 0 Å². The second kappa shape index (κ2) is 6.05. The van der Waals surface area contributed by atoms with Gasteiger partial charge in [-0.1, -0.05) is 13.0 Å². The summed E-state index contributed by atoms with van der Waals surface area (Å²) in [6.45, 7) is 2.01. The molecule has 1 aromatic carbocycles. The summed E-state index contributed by atoms with van der Waals surface area (Å²) in [5, 5.41) is 9.14. The molecule has 8 heteroatoms. The van der Waals surface area contributed by atoms with Gasteiger partial charge in [-0.15, -0.1) is 0 Å². The van der Waals surface area contributed by atoms with Gasteiger partial charge in [0, 0.05) is 18.7 Å². The van der Waals surface area contributed by atoms with Crippen LogP contribution in [0.3, 0.4) is 0 Å². The molecule has 0 aliphatic carbocycles. The average molecular weight is 326 g/mol. The lowest BCUT2D eigenvalue weighted by molar-refractivity contribution is -0.143. The minimum absolute atomic E-state index is 0.0519. The van der Waals surface area contributed by atoms with E-state index in [2.05, 4.69) is 0 Å². The van der Waals surface area contributed by atoms with Crippen molar-refractivity contribution < 1.29 is 23.1 Å². The average Bonchev–Trinajstić information content (AvgIpc) is 2.46. The van der Waals surface area contributed by atoms with Crippen LogP contribution < -0.4 is 5.73 Å². The second-order valence-corrected chi connectivity index (χ2v) is 7.53. The van der Waals surface area contributed by atoms with E-state index in [0.717, 1.165) is 0 Å². The van der Waals surface area contributed by atoms with E-state index in [9.17, 15) is 18.0 Å². The van der Waals surface area contributed by atoms with Crippen molar-refractivity contribution in [1.29, 1.82) is 0 Å². The number of carbonyl (C=O) groups excluding carboxylic acids is 1. The van der Waals surface area contributed by atoms with Crippen LogP contribution in [0.1, 0.15) is 23.7 Å². The molecule has 0 aromatic heterocycles. The van der Waals surface area contributed by atoms with Crippen molar-refractivity contribution in [1.82, 2.24) is 4.31 Å². The first-order valence-corrected chi connectivity index (χ1v) is 8.28. The lowest BCUT2D eigenvalue weighted by Crippen LogP contribution is -2.45. The van der Waals surface area contributed by atoms with Crippen LogP contribution in [0.5, 0.6) is 0 Å². The zero-order valence-electron chi connectivity index (χ0n) is 12.1. The molecule has 1 heterocycles. The van der Waals surface area contributed by atoms with Crippen molar-refractivity contribution in [2.24, 2.45) is 17.6 Å². The lowest BCUT2D eigenvalue weighted by Gasteiger charge is -2.33. The van der Waals surface area contributed by atoms with Gasteiger partial charge in [-0.05, 0) is 30.5 Å². The molecule has 1 aliphatic rings. The first kappa shape index (κ1) is 16.4. The summed E-state index contributed by atoms with van der Waals surface area (Å²) in [6.07, 6.45) is 0.447. The first-order valence-electron chi connectivity index (χ1n) is 6.84. The number of amides is 1. The Balaban J connectivity index is 2.35. The van der Waals surface area contributed by atoms with Gasteiger partial charge < -0.3 is 10.8 Å². The molecule has 7 nitrogen and oxygen atoms in total. The van der Waals surface area contributed by atoms with E-state index in [1.165, 1.54) is 28.6 Å². The monoisotopic (exact) mass is 326 g/mol. The minimum atomic E-state index is -3.86. The van der Waals surface area contributed by atoms with Crippen LogP contribution in [-0.4, -0.2) is 42.8 Å². The SMILES string of the molecule is CC1CC(C(=O)O)CN(S(=O)(=O)c2cccc(C(N)=O)c2)C1. The van der Waals surface area contributed by atoms with Gasteiger partial charge in [-0.3, -0.25) is 9.59 Å². The molecule has 2 atom stereocenters. The van der Waals surface area contributed by atoms with Crippen LogP contribution in [0.4, 0.5) is 0 Å². The predicted molar refractivity (Wildman–Crippen MR) is 78.6 cm³/mol. The maximum atomic E-state index is 12.7. The van der Waals surface area contributed by atoms with Crippen molar-refractivity contribution in [3.8, 4) is 0 Å². The first-order chi connectivity index (χ1) is 10.2. The van der Waals surface area contributed by atoms with Crippen molar-refractivity contribution in [2.45, 2.75) is 18.2 Å². The van der Waals surface area contributed by atoms with E-state index < -0.39 is 27.8 Å². The number of hydrogen-bond donors (Lipinski definition) is 2. The fourth-order valence-electron chi connectivity index (χ4n) is 2.64. The van der Waals surface area contributed by atoms with Gasteiger partial charge in [0.2, 0.25) is 15.9 Å². The summed E-state index contributed by atoms with van der Waals surface area (Å²) in [5.41, 5.74) is 5.26. The Morgan fingerprint density at radius 2 is 2.00 bits per heavy atom. The van der Waals surface area contributed by atoms with Gasteiger partial charge in [0.25, 0.3) is 0 Å². The summed E-state index contributed by atoms with van der Waals surface area (Å²) in [6, 6.07) is 5.46. The molecular weight excluding hydrogens is 308 g/mol. The van der Waals surface area contributed by atoms with Crippen molar-refractivity contribution >= 4 is 21.9 Å². The fraction of sp³-hybridized carbons (Fsp3) is 0.429. The summed E-state index contributed by atoms with van der Waals surface area (Å²) in [4.78, 5) is 22.3. The van der Waals surface area contributed by atoms with E-state index in [-0.39, 0.29) is 29.5 Å². The maximum absolute atomic E-state index is 12.7. The zero-order valence-corrected chi connectivity index (χ0v) is 12.9. The third-order valence-corrected chi connectivity index (χ3v) is 5.56. The molecule has 22 heavy (non-hydrogen) atoms. The standard InChI is InChI=1S/C14H18N2O5S/c1-9-5-11(14(18)19)8-16(7-9)22(20,21)12-4-2-3-10(6-12)13(15)17/h2-4,6,9,11H,5,7-8H2,1H3,(H2,15,17)(H,18,19). The lowest BCUT2D eigenvalue weighted by atomic mass is 9.92. The third-order valence-electron chi connectivity index (χ3n) is 3.73. The summed E-state index contributed by atoms with van der Waals surface area (Å²) in [7, 11) is -3.86. The number of aliphatic carboxylic acids is 1. The summed E-state index contributed by atoms with van der Waals surface area (Å²) in [5.74, 6) is -2.49. The number of hydrogen-bond acceptors (Lipinski definition) is 4. The summed E-state index contributed by atoms with van der Waals surface area (Å²) < 4.78 is 26.5. The highest BCUT2D eigenvalue weighted by Crippen LogP contribution is 2.27. The number of carbonyl (C=O) groups is 2. The Kier molecular flexibility index (Phi) is 4.52. The van der Waals surface area contributed by atoms with E-state index >= 15 is 0 Å². The van der Waals surface area contributed by atoms with E-state index in [0.29, 0.717) is 6.42 Å². The number of sulfonamides is 1. The third kappa shape index (κ3) is 3.28. The molecule has 1 fully saturated rings. The van der Waals surface area contributed by atoms with Crippen molar-refractivity contribution in [2.75, 3.05) is 13.1 Å². The van der Waals surface area contributed by atoms with Crippen LogP contribution in [-0.2, 0) is 14.8 Å². The Morgan fingerprint density at radius 3 is 2.59 bits per heavy atom. The normalized spacial score (nSPS) is 23.1. The number of rotatable bonds is 4. The Morgan fingerprint density at radius 1 is 1.32 bits per heavy atom. The molecular formula is C14H18N2O5S. The maximum Gasteiger partial charge on any atom is 0.307 e. The number of carboxylic acids is 1. The zero-order chi connectivity index (χ0) is 16.5. The number of nitrogens with two attached hydrogens (primary N) is 1. The molecule has 0 spiro atoms. The number of nitrogens with zero attached hydrogens (tertiary/aromatic N) is 1. The molecule has 1 aromatic rings. The molecule has 1 aliphatic heterocycles. The highest BCUT2D eigenvalue weighted by molar-refractivity contribution is 7.89. The molecule has 0 saturated carbocycles. The van der Waals surface area contributed by atoms with E-state index in [1.807, 2.05) is 6.92 Å². The Bertz CT molecular complexity index is 701. The molecule has 1 saturated heterocycles. The topological polar surface area (TPSA) is 118 Å². The van der Waals surface area contributed by atoms with Crippen LogP contribution in [0, 0.1) is 11.8 Å². The van der Waals surface area contributed by atoms with Gasteiger partial charge in [-0.2, -0.15) is 4.31 Å². The quantitative estimate of drug-likeness (QED) is 0.836. The largest absolute Gasteiger partial charge is 0.481 e. The van der Waals surface area contributed by atoms with Crippen LogP contribution in [0.15, 0.2) is 29.2 Å². The van der Waals surface area contributed by atoms with Gasteiger partial charge in [0.05, 0.1) is 10.8 Å². The molecule has 3 N–H and O–H groups in total. The van der Waals surface area contributed by atoms with Crippen molar-refractivity contribution in [3.05, 3.63) is 29.8 Å². The number of piperidine rings is 1.